The predicted molar refractivity (Wildman–Crippen MR) is 57.7 cm³/mol. The number of rotatable bonds is 1. The van der Waals surface area contributed by atoms with Crippen LogP contribution in [0.15, 0.2) is 23.3 Å². The van der Waals surface area contributed by atoms with Gasteiger partial charge >= 0.3 is 0 Å². The van der Waals surface area contributed by atoms with Gasteiger partial charge in [0.05, 0.1) is 0 Å². The summed E-state index contributed by atoms with van der Waals surface area (Å²) in [4.78, 5) is 0. The molecule has 2 aliphatic rings. The molecule has 0 aliphatic heterocycles. The van der Waals surface area contributed by atoms with Gasteiger partial charge in [0.1, 0.15) is 0 Å². The molecule has 2 aliphatic carbocycles. The van der Waals surface area contributed by atoms with Crippen LogP contribution in [0.1, 0.15) is 57.8 Å². The molecule has 0 aromatic carbocycles. The summed E-state index contributed by atoms with van der Waals surface area (Å²) in [6.07, 6.45) is 17.5. The highest BCUT2D eigenvalue weighted by atomic mass is 14.2. The Labute approximate surface area is 81.7 Å². The highest BCUT2D eigenvalue weighted by Gasteiger charge is 2.10. The summed E-state index contributed by atoms with van der Waals surface area (Å²) in [5.41, 5.74) is 3.38. The van der Waals surface area contributed by atoms with E-state index in [-0.39, 0.29) is 0 Å². The van der Waals surface area contributed by atoms with Crippen LogP contribution in [-0.4, -0.2) is 0 Å². The Morgan fingerprint density at radius 1 is 0.615 bits per heavy atom. The first-order chi connectivity index (χ1) is 6.47. The summed E-state index contributed by atoms with van der Waals surface area (Å²) in [6, 6.07) is 0. The second kappa shape index (κ2) is 4.64. The van der Waals surface area contributed by atoms with Gasteiger partial charge in [-0.25, -0.2) is 0 Å². The van der Waals surface area contributed by atoms with Gasteiger partial charge in [-0.05, 0) is 62.5 Å². The van der Waals surface area contributed by atoms with Crippen molar-refractivity contribution in [2.24, 2.45) is 0 Å². The minimum absolute atomic E-state index is 1.33. The summed E-state index contributed by atoms with van der Waals surface area (Å²) < 4.78 is 0. The quantitative estimate of drug-likeness (QED) is 0.556. The lowest BCUT2D eigenvalue weighted by Gasteiger charge is -2.15. The lowest BCUT2D eigenvalue weighted by molar-refractivity contribution is 0.684. The normalized spacial score (nSPS) is 24.6. The standard InChI is InChI=1S/C13H20/c1-2-5-9-12(8-4-1)13-10-6-3-7-11-13/h8,10H,1-7,9,11H2. The minimum atomic E-state index is 1.33. The van der Waals surface area contributed by atoms with Crippen LogP contribution in [-0.2, 0) is 0 Å². The largest absolute Gasteiger partial charge is 0.0811 e. The van der Waals surface area contributed by atoms with E-state index in [0.717, 1.165) is 0 Å². The van der Waals surface area contributed by atoms with Gasteiger partial charge < -0.3 is 0 Å². The summed E-state index contributed by atoms with van der Waals surface area (Å²) in [5.74, 6) is 0. The van der Waals surface area contributed by atoms with Gasteiger partial charge in [-0.15, -0.1) is 0 Å². The van der Waals surface area contributed by atoms with Gasteiger partial charge in [0.25, 0.3) is 0 Å². The lowest BCUT2D eigenvalue weighted by atomic mass is 9.91. The molecule has 72 valence electrons. The molecule has 0 heteroatoms. The van der Waals surface area contributed by atoms with Crippen LogP contribution in [0, 0.1) is 0 Å². The van der Waals surface area contributed by atoms with Crippen molar-refractivity contribution in [3.05, 3.63) is 23.3 Å². The van der Waals surface area contributed by atoms with Crippen LogP contribution in [0.2, 0.25) is 0 Å². The van der Waals surface area contributed by atoms with Gasteiger partial charge in [0.2, 0.25) is 0 Å². The molecule has 0 unspecified atom stereocenters. The third-order valence-electron chi connectivity index (χ3n) is 3.24. The third-order valence-corrected chi connectivity index (χ3v) is 3.24. The maximum atomic E-state index is 2.50. The Morgan fingerprint density at radius 2 is 1.15 bits per heavy atom. The molecule has 0 heterocycles. The summed E-state index contributed by atoms with van der Waals surface area (Å²) in [7, 11) is 0. The molecule has 0 amide bonds. The molecule has 0 aromatic rings. The zero-order valence-corrected chi connectivity index (χ0v) is 8.52. The molecule has 0 nitrogen and oxygen atoms in total. The Morgan fingerprint density at radius 3 is 1.77 bits per heavy atom. The Bertz CT molecular complexity index is 220. The van der Waals surface area contributed by atoms with Crippen molar-refractivity contribution in [2.45, 2.75) is 57.8 Å². The van der Waals surface area contributed by atoms with Crippen LogP contribution >= 0.6 is 0 Å². The SMILES string of the molecule is C1=C(C2=CCCCCC2)CCCC1. The van der Waals surface area contributed by atoms with Gasteiger partial charge in [-0.3, -0.25) is 0 Å². The fraction of sp³-hybridized carbons (Fsp3) is 0.692. The highest BCUT2D eigenvalue weighted by molar-refractivity contribution is 5.32. The average molecular weight is 176 g/mol. The van der Waals surface area contributed by atoms with Crippen molar-refractivity contribution in [3.8, 4) is 0 Å². The van der Waals surface area contributed by atoms with Crippen LogP contribution in [0.3, 0.4) is 0 Å². The van der Waals surface area contributed by atoms with E-state index in [1.807, 2.05) is 0 Å². The molecular weight excluding hydrogens is 156 g/mol. The molecule has 0 saturated carbocycles. The lowest BCUT2D eigenvalue weighted by Crippen LogP contribution is -1.95. The van der Waals surface area contributed by atoms with Crippen molar-refractivity contribution in [1.29, 1.82) is 0 Å². The maximum Gasteiger partial charge on any atom is -0.0279 e. The van der Waals surface area contributed by atoms with E-state index >= 15 is 0 Å². The monoisotopic (exact) mass is 176 g/mol. The molecule has 2 rings (SSSR count). The first-order valence-electron chi connectivity index (χ1n) is 5.85. The molecule has 0 atom stereocenters. The van der Waals surface area contributed by atoms with Crippen LogP contribution in [0.4, 0.5) is 0 Å². The van der Waals surface area contributed by atoms with E-state index in [2.05, 4.69) is 12.2 Å². The average Bonchev–Trinajstić information content (AvgIpc) is 2.47. The molecule has 0 bridgehead atoms. The Kier molecular flexibility index (Phi) is 3.23. The van der Waals surface area contributed by atoms with Crippen LogP contribution in [0.5, 0.6) is 0 Å². The number of hydrogen-bond donors (Lipinski definition) is 0. The molecule has 0 fully saturated rings. The van der Waals surface area contributed by atoms with E-state index in [1.54, 1.807) is 11.1 Å². The van der Waals surface area contributed by atoms with E-state index in [1.165, 1.54) is 57.8 Å². The molecular formula is C13H20. The zero-order valence-electron chi connectivity index (χ0n) is 8.52. The Hall–Kier alpha value is -0.520. The molecule has 13 heavy (non-hydrogen) atoms. The second-order valence-electron chi connectivity index (χ2n) is 4.30. The summed E-state index contributed by atoms with van der Waals surface area (Å²) in [5, 5.41) is 0. The van der Waals surface area contributed by atoms with Crippen molar-refractivity contribution in [2.75, 3.05) is 0 Å². The van der Waals surface area contributed by atoms with E-state index < -0.39 is 0 Å². The topological polar surface area (TPSA) is 0 Å². The third kappa shape index (κ3) is 2.46. The first-order valence-corrected chi connectivity index (χ1v) is 5.85. The first kappa shape index (κ1) is 9.05. The van der Waals surface area contributed by atoms with Gasteiger partial charge in [0.15, 0.2) is 0 Å². The fourth-order valence-electron chi connectivity index (χ4n) is 2.44. The van der Waals surface area contributed by atoms with Gasteiger partial charge in [-0.1, -0.05) is 18.6 Å². The maximum absolute atomic E-state index is 2.50. The van der Waals surface area contributed by atoms with Crippen LogP contribution in [0.25, 0.3) is 0 Å². The second-order valence-corrected chi connectivity index (χ2v) is 4.30. The fourth-order valence-corrected chi connectivity index (χ4v) is 2.44. The zero-order chi connectivity index (χ0) is 8.93. The molecule has 0 spiro atoms. The molecule has 0 aromatic heterocycles. The van der Waals surface area contributed by atoms with Crippen molar-refractivity contribution >= 4 is 0 Å². The predicted octanol–water partition coefficient (Wildman–Crippen LogP) is 4.38. The smallest absolute Gasteiger partial charge is 0.0279 e. The van der Waals surface area contributed by atoms with Gasteiger partial charge in [-0.2, -0.15) is 0 Å². The summed E-state index contributed by atoms with van der Waals surface area (Å²) in [6.45, 7) is 0. The van der Waals surface area contributed by atoms with Crippen molar-refractivity contribution in [1.82, 2.24) is 0 Å². The summed E-state index contributed by atoms with van der Waals surface area (Å²) >= 11 is 0. The minimum Gasteiger partial charge on any atom is -0.0811 e. The van der Waals surface area contributed by atoms with E-state index in [9.17, 15) is 0 Å². The highest BCUT2D eigenvalue weighted by Crippen LogP contribution is 2.29. The van der Waals surface area contributed by atoms with Crippen LogP contribution < -0.4 is 0 Å². The van der Waals surface area contributed by atoms with Crippen molar-refractivity contribution in [3.63, 3.8) is 0 Å². The number of hydrogen-bond acceptors (Lipinski definition) is 0. The van der Waals surface area contributed by atoms with Gasteiger partial charge in [0, 0.05) is 0 Å². The van der Waals surface area contributed by atoms with E-state index in [4.69, 9.17) is 0 Å². The molecule has 0 radical (unpaired) electrons. The number of allylic oxidation sites excluding steroid dienone is 4. The molecule has 0 saturated heterocycles. The molecule has 0 N–H and O–H groups in total. The van der Waals surface area contributed by atoms with Crippen molar-refractivity contribution < 1.29 is 0 Å². The van der Waals surface area contributed by atoms with E-state index in [0.29, 0.717) is 0 Å². The Balaban J connectivity index is 2.04.